The van der Waals surface area contributed by atoms with Crippen molar-refractivity contribution in [1.29, 1.82) is 0 Å². The highest BCUT2D eigenvalue weighted by Gasteiger charge is 2.33. The van der Waals surface area contributed by atoms with E-state index >= 15 is 0 Å². The third kappa shape index (κ3) is 2.75. The first-order chi connectivity index (χ1) is 7.39. The fraction of sp³-hybridized carbons (Fsp3) is 0.444. The first-order valence-electron chi connectivity index (χ1n) is 4.28. The number of aromatic nitrogens is 1. The highest BCUT2D eigenvalue weighted by Crippen LogP contribution is 2.34. The number of methoxy groups -OCH3 is 1. The van der Waals surface area contributed by atoms with Crippen molar-refractivity contribution in [1.82, 2.24) is 4.98 Å². The zero-order chi connectivity index (χ0) is 12.3. The minimum Gasteiger partial charge on any atom is -0.491 e. The molecule has 0 bridgehead atoms. The normalized spacial score (nSPS) is 11.4. The van der Waals surface area contributed by atoms with Crippen molar-refractivity contribution >= 4 is 0 Å². The number of aliphatic hydroxyl groups is 1. The first-order valence-corrected chi connectivity index (χ1v) is 4.28. The third-order valence-electron chi connectivity index (χ3n) is 1.94. The SMILES string of the molecule is COc1c(OC(F)(F)F)ncc(CO)c1C. The topological polar surface area (TPSA) is 51.6 Å². The van der Waals surface area contributed by atoms with Crippen LogP contribution in [0.2, 0.25) is 0 Å². The Hall–Kier alpha value is -1.50. The van der Waals surface area contributed by atoms with Crippen LogP contribution in [0.4, 0.5) is 13.2 Å². The van der Waals surface area contributed by atoms with Crippen LogP contribution in [-0.2, 0) is 6.61 Å². The van der Waals surface area contributed by atoms with Gasteiger partial charge < -0.3 is 14.6 Å². The molecule has 90 valence electrons. The number of pyridine rings is 1. The Balaban J connectivity index is 3.16. The highest BCUT2D eigenvalue weighted by molar-refractivity contribution is 5.44. The summed E-state index contributed by atoms with van der Waals surface area (Å²) in [5.74, 6) is -0.798. The smallest absolute Gasteiger partial charge is 0.491 e. The number of ether oxygens (including phenoxy) is 2. The standard InChI is InChI=1S/C9H10F3NO3/c1-5-6(4-14)3-13-8(7(5)15-2)16-9(10,11)12/h3,14H,4H2,1-2H3. The summed E-state index contributed by atoms with van der Waals surface area (Å²) < 4.78 is 44.5. The lowest BCUT2D eigenvalue weighted by Gasteiger charge is -2.14. The Morgan fingerprint density at radius 3 is 2.50 bits per heavy atom. The van der Waals surface area contributed by atoms with Gasteiger partial charge in [0.05, 0.1) is 13.7 Å². The molecule has 0 radical (unpaired) electrons. The predicted octanol–water partition coefficient (Wildman–Crippen LogP) is 1.79. The van der Waals surface area contributed by atoms with Crippen LogP contribution in [0, 0.1) is 6.92 Å². The molecule has 0 saturated heterocycles. The highest BCUT2D eigenvalue weighted by atomic mass is 19.4. The van der Waals surface area contributed by atoms with Crippen LogP contribution in [0.3, 0.4) is 0 Å². The Morgan fingerprint density at radius 2 is 2.06 bits per heavy atom. The van der Waals surface area contributed by atoms with E-state index in [1.165, 1.54) is 14.0 Å². The molecule has 1 rings (SSSR count). The zero-order valence-electron chi connectivity index (χ0n) is 8.63. The summed E-state index contributed by atoms with van der Waals surface area (Å²) in [6.07, 6.45) is -3.72. The van der Waals surface area contributed by atoms with Gasteiger partial charge in [-0.25, -0.2) is 4.98 Å². The molecule has 1 N–H and O–H groups in total. The van der Waals surface area contributed by atoms with Crippen LogP contribution in [-0.4, -0.2) is 23.6 Å². The summed E-state index contributed by atoms with van der Waals surface area (Å²) in [7, 11) is 1.20. The Labute approximate surface area is 89.6 Å². The van der Waals surface area contributed by atoms with Gasteiger partial charge in [0.2, 0.25) is 0 Å². The van der Waals surface area contributed by atoms with Crippen LogP contribution in [0.15, 0.2) is 6.20 Å². The number of aliphatic hydroxyl groups excluding tert-OH is 1. The number of hydrogen-bond acceptors (Lipinski definition) is 4. The molecular formula is C9H10F3NO3. The Kier molecular flexibility index (Phi) is 3.58. The van der Waals surface area contributed by atoms with Crippen LogP contribution < -0.4 is 9.47 Å². The van der Waals surface area contributed by atoms with Crippen molar-refractivity contribution in [2.75, 3.05) is 7.11 Å². The summed E-state index contributed by atoms with van der Waals surface area (Å²) in [6, 6.07) is 0. The molecule has 1 heterocycles. The summed E-state index contributed by atoms with van der Waals surface area (Å²) in [5, 5.41) is 8.90. The third-order valence-corrected chi connectivity index (χ3v) is 1.94. The van der Waals surface area contributed by atoms with Crippen molar-refractivity contribution in [2.24, 2.45) is 0 Å². The molecule has 0 aliphatic carbocycles. The van der Waals surface area contributed by atoms with E-state index in [9.17, 15) is 13.2 Å². The molecule has 0 amide bonds. The second-order valence-electron chi connectivity index (χ2n) is 2.95. The molecule has 0 aliphatic heterocycles. The first kappa shape index (κ1) is 12.6. The van der Waals surface area contributed by atoms with Crippen molar-refractivity contribution in [3.05, 3.63) is 17.3 Å². The lowest BCUT2D eigenvalue weighted by atomic mass is 10.1. The van der Waals surface area contributed by atoms with Crippen LogP contribution in [0.25, 0.3) is 0 Å². The minimum atomic E-state index is -4.83. The van der Waals surface area contributed by atoms with E-state index in [4.69, 9.17) is 9.84 Å². The van der Waals surface area contributed by atoms with Crippen molar-refractivity contribution in [3.8, 4) is 11.6 Å². The summed E-state index contributed by atoms with van der Waals surface area (Å²) in [5.41, 5.74) is 0.741. The van der Waals surface area contributed by atoms with Crippen LogP contribution >= 0.6 is 0 Å². The van der Waals surface area contributed by atoms with Gasteiger partial charge in [0.15, 0.2) is 5.75 Å². The van der Waals surface area contributed by atoms with Gasteiger partial charge in [0.1, 0.15) is 0 Å². The largest absolute Gasteiger partial charge is 0.574 e. The molecule has 4 nitrogen and oxygen atoms in total. The predicted molar refractivity (Wildman–Crippen MR) is 48.1 cm³/mol. The van der Waals surface area contributed by atoms with Gasteiger partial charge in [-0.3, -0.25) is 0 Å². The van der Waals surface area contributed by atoms with Crippen LogP contribution in [0.1, 0.15) is 11.1 Å². The number of hydrogen-bond donors (Lipinski definition) is 1. The molecule has 16 heavy (non-hydrogen) atoms. The number of rotatable bonds is 3. The monoisotopic (exact) mass is 237 g/mol. The number of nitrogens with zero attached hydrogens (tertiary/aromatic N) is 1. The van der Waals surface area contributed by atoms with Gasteiger partial charge in [-0.1, -0.05) is 0 Å². The minimum absolute atomic E-state index is 0.135. The molecule has 0 unspecified atom stereocenters. The van der Waals surface area contributed by atoms with E-state index in [0.717, 1.165) is 6.20 Å². The average Bonchev–Trinajstić information content (AvgIpc) is 2.16. The molecule has 0 fully saturated rings. The van der Waals surface area contributed by atoms with E-state index in [-0.39, 0.29) is 12.4 Å². The van der Waals surface area contributed by atoms with Gasteiger partial charge in [0, 0.05) is 17.3 Å². The Bertz CT molecular complexity index is 379. The van der Waals surface area contributed by atoms with Gasteiger partial charge in [0.25, 0.3) is 5.88 Å². The molecule has 0 spiro atoms. The summed E-state index contributed by atoms with van der Waals surface area (Å²) >= 11 is 0. The van der Waals surface area contributed by atoms with E-state index in [0.29, 0.717) is 11.1 Å². The van der Waals surface area contributed by atoms with E-state index in [1.54, 1.807) is 0 Å². The molecule has 7 heteroatoms. The van der Waals surface area contributed by atoms with Crippen LogP contribution in [0.5, 0.6) is 11.6 Å². The fourth-order valence-corrected chi connectivity index (χ4v) is 1.18. The molecule has 0 aromatic carbocycles. The van der Waals surface area contributed by atoms with Gasteiger partial charge in [-0.2, -0.15) is 0 Å². The maximum atomic E-state index is 12.0. The average molecular weight is 237 g/mol. The lowest BCUT2D eigenvalue weighted by molar-refractivity contribution is -0.276. The van der Waals surface area contributed by atoms with E-state index < -0.39 is 12.2 Å². The zero-order valence-corrected chi connectivity index (χ0v) is 8.63. The van der Waals surface area contributed by atoms with Crippen molar-refractivity contribution in [2.45, 2.75) is 19.9 Å². The van der Waals surface area contributed by atoms with Gasteiger partial charge in [-0.15, -0.1) is 13.2 Å². The van der Waals surface area contributed by atoms with Gasteiger partial charge >= 0.3 is 6.36 Å². The van der Waals surface area contributed by atoms with Crippen molar-refractivity contribution in [3.63, 3.8) is 0 Å². The van der Waals surface area contributed by atoms with E-state index in [1.807, 2.05) is 0 Å². The molecule has 0 aliphatic rings. The molecule has 1 aromatic rings. The lowest BCUT2D eigenvalue weighted by Crippen LogP contribution is -2.19. The molecule has 0 saturated carbocycles. The maximum absolute atomic E-state index is 12.0. The van der Waals surface area contributed by atoms with Gasteiger partial charge in [-0.05, 0) is 6.92 Å². The molecule has 1 aromatic heterocycles. The maximum Gasteiger partial charge on any atom is 0.574 e. The summed E-state index contributed by atoms with van der Waals surface area (Å²) in [6.45, 7) is 1.18. The fourth-order valence-electron chi connectivity index (χ4n) is 1.18. The second-order valence-corrected chi connectivity index (χ2v) is 2.95. The summed E-state index contributed by atoms with van der Waals surface area (Å²) in [4.78, 5) is 3.44. The molecular weight excluding hydrogens is 227 g/mol. The quantitative estimate of drug-likeness (QED) is 0.870. The number of halogens is 3. The van der Waals surface area contributed by atoms with Crippen molar-refractivity contribution < 1.29 is 27.8 Å². The van der Waals surface area contributed by atoms with E-state index in [2.05, 4.69) is 9.72 Å². The molecule has 0 atom stereocenters. The number of alkyl halides is 3. The second kappa shape index (κ2) is 4.56. The Morgan fingerprint density at radius 1 is 1.44 bits per heavy atom.